The number of aliphatic hydroxyl groups excluding tert-OH is 1. The van der Waals surface area contributed by atoms with Gasteiger partial charge < -0.3 is 10.4 Å². The predicted octanol–water partition coefficient (Wildman–Crippen LogP) is 0.170. The van der Waals surface area contributed by atoms with Gasteiger partial charge in [0.1, 0.15) is 0 Å². The molecule has 0 aromatic heterocycles. The van der Waals surface area contributed by atoms with Gasteiger partial charge in [0.05, 0.1) is 17.6 Å². The maximum Gasteiger partial charge on any atom is 0.154 e. The molecule has 17 heavy (non-hydrogen) atoms. The van der Waals surface area contributed by atoms with Gasteiger partial charge in [0.25, 0.3) is 0 Å². The Labute approximate surface area is 103 Å². The Morgan fingerprint density at radius 3 is 2.12 bits per heavy atom. The third kappa shape index (κ3) is 2.83. The van der Waals surface area contributed by atoms with Crippen molar-refractivity contribution in [1.29, 1.82) is 0 Å². The Hall–Kier alpha value is -0.130. The van der Waals surface area contributed by atoms with E-state index < -0.39 is 15.9 Å². The summed E-state index contributed by atoms with van der Waals surface area (Å²) in [5.41, 5.74) is 0. The van der Waals surface area contributed by atoms with Crippen molar-refractivity contribution < 1.29 is 13.5 Å². The minimum absolute atomic E-state index is 0.0673. The van der Waals surface area contributed by atoms with Crippen LogP contribution in [0, 0.1) is 17.8 Å². The SMILES string of the molecule is O=S1(=O)CC(O)C(NCC(C2CC2)C2CC2)C1. The molecule has 2 atom stereocenters. The highest BCUT2D eigenvalue weighted by molar-refractivity contribution is 7.91. The van der Waals surface area contributed by atoms with Crippen molar-refractivity contribution in [1.82, 2.24) is 5.32 Å². The van der Waals surface area contributed by atoms with Gasteiger partial charge >= 0.3 is 0 Å². The maximum absolute atomic E-state index is 11.4. The van der Waals surface area contributed by atoms with Gasteiger partial charge in [-0.2, -0.15) is 0 Å². The topological polar surface area (TPSA) is 66.4 Å². The van der Waals surface area contributed by atoms with E-state index in [1.807, 2.05) is 0 Å². The molecule has 2 aliphatic carbocycles. The Balaban J connectivity index is 1.53. The molecule has 3 aliphatic rings. The minimum atomic E-state index is -3.01. The number of hydrogen-bond acceptors (Lipinski definition) is 4. The molecule has 1 aliphatic heterocycles. The lowest BCUT2D eigenvalue weighted by Crippen LogP contribution is -2.42. The second-order valence-electron chi connectivity index (χ2n) is 6.00. The van der Waals surface area contributed by atoms with Crippen molar-refractivity contribution in [2.45, 2.75) is 37.8 Å². The second-order valence-corrected chi connectivity index (χ2v) is 8.15. The molecule has 0 amide bonds. The first-order chi connectivity index (χ1) is 8.05. The lowest BCUT2D eigenvalue weighted by Gasteiger charge is -2.21. The van der Waals surface area contributed by atoms with E-state index in [0.29, 0.717) is 0 Å². The number of aliphatic hydroxyl groups is 1. The van der Waals surface area contributed by atoms with Gasteiger partial charge in [-0.1, -0.05) is 0 Å². The number of hydrogen-bond donors (Lipinski definition) is 2. The lowest BCUT2D eigenvalue weighted by molar-refractivity contribution is 0.161. The molecular formula is C12H21NO3S. The van der Waals surface area contributed by atoms with Crippen molar-refractivity contribution in [3.63, 3.8) is 0 Å². The fourth-order valence-electron chi connectivity index (χ4n) is 3.08. The number of rotatable bonds is 5. The monoisotopic (exact) mass is 259 g/mol. The quantitative estimate of drug-likeness (QED) is 0.738. The van der Waals surface area contributed by atoms with Crippen molar-refractivity contribution in [3.05, 3.63) is 0 Å². The van der Waals surface area contributed by atoms with E-state index >= 15 is 0 Å². The summed E-state index contributed by atoms with van der Waals surface area (Å²) in [4.78, 5) is 0. The molecule has 3 fully saturated rings. The lowest BCUT2D eigenvalue weighted by atomic mass is 9.97. The van der Waals surface area contributed by atoms with E-state index in [1.54, 1.807) is 0 Å². The first-order valence-electron chi connectivity index (χ1n) is 6.67. The third-order valence-corrected chi connectivity index (χ3v) is 6.11. The van der Waals surface area contributed by atoms with Crippen LogP contribution in [0.2, 0.25) is 0 Å². The molecule has 0 spiro atoms. The molecule has 0 bridgehead atoms. The Morgan fingerprint density at radius 1 is 1.12 bits per heavy atom. The first-order valence-corrected chi connectivity index (χ1v) is 8.49. The standard InChI is InChI=1S/C12H21NO3S/c14-12-7-17(15,16)6-11(12)13-5-10(8-1-2-8)9-3-4-9/h8-14H,1-7H2. The molecule has 4 nitrogen and oxygen atoms in total. The molecule has 2 saturated carbocycles. The fraction of sp³-hybridized carbons (Fsp3) is 1.00. The molecule has 2 N–H and O–H groups in total. The van der Waals surface area contributed by atoms with E-state index in [0.717, 1.165) is 24.3 Å². The van der Waals surface area contributed by atoms with Gasteiger partial charge in [0.2, 0.25) is 0 Å². The van der Waals surface area contributed by atoms with Crippen LogP contribution in [0.25, 0.3) is 0 Å². The van der Waals surface area contributed by atoms with Crippen LogP contribution in [-0.4, -0.2) is 43.7 Å². The maximum atomic E-state index is 11.4. The zero-order chi connectivity index (χ0) is 12.0. The Morgan fingerprint density at radius 2 is 1.71 bits per heavy atom. The highest BCUT2D eigenvalue weighted by Crippen LogP contribution is 2.48. The van der Waals surface area contributed by atoms with Crippen LogP contribution in [0.15, 0.2) is 0 Å². The largest absolute Gasteiger partial charge is 0.390 e. The van der Waals surface area contributed by atoms with Crippen molar-refractivity contribution in [2.75, 3.05) is 18.1 Å². The summed E-state index contributed by atoms with van der Waals surface area (Å²) in [7, 11) is -3.01. The summed E-state index contributed by atoms with van der Waals surface area (Å²) in [5, 5.41) is 13.0. The van der Waals surface area contributed by atoms with Crippen LogP contribution < -0.4 is 5.32 Å². The summed E-state index contributed by atoms with van der Waals surface area (Å²) >= 11 is 0. The van der Waals surface area contributed by atoms with Gasteiger partial charge in [0, 0.05) is 6.04 Å². The second kappa shape index (κ2) is 4.21. The molecule has 0 aromatic carbocycles. The van der Waals surface area contributed by atoms with E-state index in [1.165, 1.54) is 25.7 Å². The van der Waals surface area contributed by atoms with E-state index in [2.05, 4.69) is 5.32 Å². The van der Waals surface area contributed by atoms with Crippen molar-refractivity contribution in [2.24, 2.45) is 17.8 Å². The number of nitrogens with one attached hydrogen (secondary N) is 1. The molecular weight excluding hydrogens is 238 g/mol. The molecule has 5 heteroatoms. The fourth-order valence-corrected chi connectivity index (χ4v) is 4.85. The molecule has 2 unspecified atom stereocenters. The Bertz CT molecular complexity index is 375. The molecule has 1 heterocycles. The van der Waals surface area contributed by atoms with Gasteiger partial charge in [-0.15, -0.1) is 0 Å². The predicted molar refractivity (Wildman–Crippen MR) is 65.4 cm³/mol. The minimum Gasteiger partial charge on any atom is -0.390 e. The van der Waals surface area contributed by atoms with Crippen LogP contribution in [0.1, 0.15) is 25.7 Å². The smallest absolute Gasteiger partial charge is 0.154 e. The van der Waals surface area contributed by atoms with E-state index in [-0.39, 0.29) is 17.5 Å². The van der Waals surface area contributed by atoms with Crippen LogP contribution >= 0.6 is 0 Å². The summed E-state index contributed by atoms with van der Waals surface area (Å²) < 4.78 is 22.8. The number of sulfone groups is 1. The van der Waals surface area contributed by atoms with Crippen LogP contribution in [-0.2, 0) is 9.84 Å². The first kappa shape index (κ1) is 11.9. The van der Waals surface area contributed by atoms with Crippen LogP contribution in [0.5, 0.6) is 0 Å². The summed E-state index contributed by atoms with van der Waals surface area (Å²) in [6.45, 7) is 0.895. The average Bonchev–Trinajstić information content (AvgIpc) is 3.10. The summed E-state index contributed by atoms with van der Waals surface area (Å²) in [5.74, 6) is 2.50. The van der Waals surface area contributed by atoms with Gasteiger partial charge in [-0.25, -0.2) is 8.42 Å². The van der Waals surface area contributed by atoms with Crippen molar-refractivity contribution >= 4 is 9.84 Å². The highest BCUT2D eigenvalue weighted by atomic mass is 32.2. The average molecular weight is 259 g/mol. The summed E-state index contributed by atoms with van der Waals surface area (Å²) in [6.07, 6.45) is 4.66. The summed E-state index contributed by atoms with van der Waals surface area (Å²) in [6, 6.07) is -0.236. The molecule has 0 aromatic rings. The zero-order valence-electron chi connectivity index (χ0n) is 10.0. The zero-order valence-corrected chi connectivity index (χ0v) is 10.8. The van der Waals surface area contributed by atoms with Gasteiger partial charge in [-0.05, 0) is 50.0 Å². The van der Waals surface area contributed by atoms with E-state index in [4.69, 9.17) is 0 Å². The normalized spacial score (nSPS) is 36.6. The molecule has 98 valence electrons. The molecule has 0 radical (unpaired) electrons. The highest BCUT2D eigenvalue weighted by Gasteiger charge is 2.42. The molecule has 3 rings (SSSR count). The van der Waals surface area contributed by atoms with Gasteiger partial charge in [0.15, 0.2) is 9.84 Å². The van der Waals surface area contributed by atoms with Crippen molar-refractivity contribution in [3.8, 4) is 0 Å². The Kier molecular flexibility index (Phi) is 2.96. The molecule has 1 saturated heterocycles. The van der Waals surface area contributed by atoms with E-state index in [9.17, 15) is 13.5 Å². The third-order valence-electron chi connectivity index (χ3n) is 4.39. The van der Waals surface area contributed by atoms with Crippen LogP contribution in [0.3, 0.4) is 0 Å². The van der Waals surface area contributed by atoms with Gasteiger partial charge in [-0.3, -0.25) is 0 Å². The van der Waals surface area contributed by atoms with Crippen LogP contribution in [0.4, 0.5) is 0 Å².